The average molecular weight is 341 g/mol. The highest BCUT2D eigenvalue weighted by atomic mass is 19.4. The minimum Gasteiger partial charge on any atom is -0.350 e. The van der Waals surface area contributed by atoms with Crippen molar-refractivity contribution in [2.75, 3.05) is 0 Å². The van der Waals surface area contributed by atoms with Crippen LogP contribution >= 0.6 is 0 Å². The highest BCUT2D eigenvalue weighted by Crippen LogP contribution is 2.42. The van der Waals surface area contributed by atoms with Crippen molar-refractivity contribution in [2.24, 2.45) is 0 Å². The van der Waals surface area contributed by atoms with E-state index in [4.69, 9.17) is 0 Å². The second-order valence-corrected chi connectivity index (χ2v) is 5.87. The molecule has 24 heavy (non-hydrogen) atoms. The van der Waals surface area contributed by atoms with Crippen LogP contribution < -0.4 is 5.32 Å². The summed E-state index contributed by atoms with van der Waals surface area (Å²) in [7, 11) is 0. The van der Waals surface area contributed by atoms with Crippen LogP contribution in [0, 0.1) is 0 Å². The van der Waals surface area contributed by atoms with E-state index < -0.39 is 11.9 Å². The molecule has 0 atom stereocenters. The standard InChI is InChI=1S/C15H18F3N5O/c1-2-22-8-10(7-20-22)6-19-14(24)9-23-12(11-3-4-11)5-13(21-23)15(16,17)18/h5,7-8,11H,2-4,6,9H2,1H3,(H,19,24). The molecule has 0 spiro atoms. The quantitative estimate of drug-likeness (QED) is 0.877. The third-order valence-electron chi connectivity index (χ3n) is 3.89. The van der Waals surface area contributed by atoms with Crippen molar-refractivity contribution >= 4 is 5.91 Å². The number of rotatable bonds is 6. The highest BCUT2D eigenvalue weighted by Gasteiger charge is 2.38. The number of hydrogen-bond donors (Lipinski definition) is 1. The lowest BCUT2D eigenvalue weighted by Crippen LogP contribution is -2.28. The Morgan fingerprint density at radius 3 is 2.75 bits per heavy atom. The first-order valence-corrected chi connectivity index (χ1v) is 7.79. The van der Waals surface area contributed by atoms with Gasteiger partial charge in [0.25, 0.3) is 0 Å². The van der Waals surface area contributed by atoms with Gasteiger partial charge in [0.15, 0.2) is 5.69 Å². The molecule has 1 amide bonds. The molecule has 0 unspecified atom stereocenters. The van der Waals surface area contributed by atoms with Gasteiger partial charge in [-0.2, -0.15) is 23.4 Å². The zero-order chi connectivity index (χ0) is 17.3. The maximum atomic E-state index is 12.8. The smallest absolute Gasteiger partial charge is 0.350 e. The summed E-state index contributed by atoms with van der Waals surface area (Å²) < 4.78 is 41.4. The molecule has 0 aromatic carbocycles. The van der Waals surface area contributed by atoms with Gasteiger partial charge in [-0.1, -0.05) is 0 Å². The minimum atomic E-state index is -4.50. The maximum Gasteiger partial charge on any atom is 0.435 e. The van der Waals surface area contributed by atoms with E-state index in [2.05, 4.69) is 15.5 Å². The summed E-state index contributed by atoms with van der Waals surface area (Å²) in [6.07, 6.45) is 0.627. The van der Waals surface area contributed by atoms with Gasteiger partial charge < -0.3 is 5.32 Å². The van der Waals surface area contributed by atoms with Crippen LogP contribution in [0.4, 0.5) is 13.2 Å². The van der Waals surface area contributed by atoms with E-state index in [0.29, 0.717) is 5.69 Å². The zero-order valence-corrected chi connectivity index (χ0v) is 13.2. The first-order chi connectivity index (χ1) is 11.4. The Hall–Kier alpha value is -2.32. The molecule has 0 saturated heterocycles. The van der Waals surface area contributed by atoms with Gasteiger partial charge in [-0.3, -0.25) is 14.2 Å². The fraction of sp³-hybridized carbons (Fsp3) is 0.533. The molecule has 9 heteroatoms. The van der Waals surface area contributed by atoms with E-state index in [0.717, 1.165) is 31.0 Å². The molecule has 130 valence electrons. The first kappa shape index (κ1) is 16.5. The van der Waals surface area contributed by atoms with Crippen molar-refractivity contribution in [2.45, 2.75) is 51.5 Å². The van der Waals surface area contributed by atoms with Crippen LogP contribution in [-0.2, 0) is 30.6 Å². The number of nitrogens with zero attached hydrogens (tertiary/aromatic N) is 4. The van der Waals surface area contributed by atoms with E-state index in [1.165, 1.54) is 4.68 Å². The normalized spacial score (nSPS) is 14.8. The van der Waals surface area contributed by atoms with Crippen LogP contribution in [0.5, 0.6) is 0 Å². The van der Waals surface area contributed by atoms with Gasteiger partial charge in [-0.15, -0.1) is 0 Å². The number of amides is 1. The predicted octanol–water partition coefficient (Wildman–Crippen LogP) is 2.31. The Balaban J connectivity index is 1.64. The van der Waals surface area contributed by atoms with E-state index in [-0.39, 0.29) is 24.9 Å². The second-order valence-electron chi connectivity index (χ2n) is 5.87. The highest BCUT2D eigenvalue weighted by molar-refractivity contribution is 5.75. The van der Waals surface area contributed by atoms with Gasteiger partial charge >= 0.3 is 6.18 Å². The average Bonchev–Trinajstić information content (AvgIpc) is 3.10. The molecule has 1 N–H and O–H groups in total. The molecule has 1 aliphatic rings. The van der Waals surface area contributed by atoms with Crippen molar-refractivity contribution in [3.63, 3.8) is 0 Å². The molecule has 2 aromatic rings. The van der Waals surface area contributed by atoms with Crippen LogP contribution in [-0.4, -0.2) is 25.5 Å². The number of carbonyl (C=O) groups excluding carboxylic acids is 1. The summed E-state index contributed by atoms with van der Waals surface area (Å²) in [5.74, 6) is -0.304. The monoisotopic (exact) mass is 341 g/mol. The summed E-state index contributed by atoms with van der Waals surface area (Å²) in [6, 6.07) is 1.05. The lowest BCUT2D eigenvalue weighted by atomic mass is 10.2. The number of halogens is 3. The fourth-order valence-electron chi connectivity index (χ4n) is 2.47. The molecule has 1 aliphatic carbocycles. The first-order valence-electron chi connectivity index (χ1n) is 7.79. The summed E-state index contributed by atoms with van der Waals surface area (Å²) in [5.41, 5.74) is 0.377. The number of aryl methyl sites for hydroxylation is 1. The van der Waals surface area contributed by atoms with E-state index in [1.54, 1.807) is 10.9 Å². The Morgan fingerprint density at radius 2 is 2.17 bits per heavy atom. The van der Waals surface area contributed by atoms with Gasteiger partial charge in [-0.25, -0.2) is 0 Å². The number of nitrogens with one attached hydrogen (secondary N) is 1. The lowest BCUT2D eigenvalue weighted by molar-refractivity contribution is -0.141. The molecule has 2 heterocycles. The predicted molar refractivity (Wildman–Crippen MR) is 79.0 cm³/mol. The van der Waals surface area contributed by atoms with Crippen molar-refractivity contribution in [1.29, 1.82) is 0 Å². The molecule has 2 aromatic heterocycles. The Kier molecular flexibility index (Phi) is 4.33. The summed E-state index contributed by atoms with van der Waals surface area (Å²) in [5, 5.41) is 10.3. The van der Waals surface area contributed by atoms with Crippen molar-refractivity contribution in [3.8, 4) is 0 Å². The topological polar surface area (TPSA) is 64.7 Å². The van der Waals surface area contributed by atoms with Gasteiger partial charge in [0.05, 0.1) is 6.20 Å². The van der Waals surface area contributed by atoms with Gasteiger partial charge in [0, 0.05) is 36.5 Å². The third-order valence-corrected chi connectivity index (χ3v) is 3.89. The SMILES string of the molecule is CCn1cc(CNC(=O)Cn2nc(C(F)(F)F)cc2C2CC2)cn1. The minimum absolute atomic E-state index is 0.0733. The van der Waals surface area contributed by atoms with Crippen LogP contribution in [0.3, 0.4) is 0 Å². The molecule has 1 saturated carbocycles. The Morgan fingerprint density at radius 1 is 1.42 bits per heavy atom. The molecule has 0 radical (unpaired) electrons. The van der Waals surface area contributed by atoms with Gasteiger partial charge in [0.2, 0.25) is 5.91 Å². The van der Waals surface area contributed by atoms with E-state index in [1.807, 2.05) is 13.1 Å². The summed E-state index contributed by atoms with van der Waals surface area (Å²) in [4.78, 5) is 12.0. The number of aromatic nitrogens is 4. The second kappa shape index (κ2) is 6.29. The molecule has 3 rings (SSSR count). The molecular weight excluding hydrogens is 323 g/mol. The van der Waals surface area contributed by atoms with Crippen LogP contribution in [0.1, 0.15) is 42.6 Å². The molecule has 6 nitrogen and oxygen atoms in total. The summed E-state index contributed by atoms with van der Waals surface area (Å²) in [6.45, 7) is 2.74. The lowest BCUT2D eigenvalue weighted by Gasteiger charge is -2.07. The number of alkyl halides is 3. The number of hydrogen-bond acceptors (Lipinski definition) is 3. The van der Waals surface area contributed by atoms with E-state index in [9.17, 15) is 18.0 Å². The summed E-state index contributed by atoms with van der Waals surface area (Å²) >= 11 is 0. The van der Waals surface area contributed by atoms with Crippen LogP contribution in [0.15, 0.2) is 18.5 Å². The Bertz CT molecular complexity index is 730. The van der Waals surface area contributed by atoms with Gasteiger partial charge in [0.1, 0.15) is 6.54 Å². The third kappa shape index (κ3) is 3.77. The van der Waals surface area contributed by atoms with Crippen molar-refractivity contribution < 1.29 is 18.0 Å². The van der Waals surface area contributed by atoms with Crippen molar-refractivity contribution in [1.82, 2.24) is 24.9 Å². The molecule has 1 fully saturated rings. The molecular formula is C15H18F3N5O. The zero-order valence-electron chi connectivity index (χ0n) is 13.2. The van der Waals surface area contributed by atoms with Crippen LogP contribution in [0.25, 0.3) is 0 Å². The van der Waals surface area contributed by atoms with E-state index >= 15 is 0 Å². The molecule has 0 aliphatic heterocycles. The molecule has 0 bridgehead atoms. The van der Waals surface area contributed by atoms with Crippen molar-refractivity contribution in [3.05, 3.63) is 35.4 Å². The van der Waals surface area contributed by atoms with Crippen LogP contribution in [0.2, 0.25) is 0 Å². The largest absolute Gasteiger partial charge is 0.435 e. The van der Waals surface area contributed by atoms with Gasteiger partial charge in [-0.05, 0) is 25.8 Å². The number of carbonyl (C=O) groups is 1. The maximum absolute atomic E-state index is 12.8. The fourth-order valence-corrected chi connectivity index (χ4v) is 2.47. The Labute approximate surface area is 136 Å².